The Morgan fingerprint density at radius 1 is 0.882 bits per heavy atom. The Labute approximate surface area is 397 Å². The molecule has 6 amide bonds. The number of hydrazine groups is 2. The Morgan fingerprint density at radius 2 is 1.53 bits per heavy atom. The molecule has 5 fully saturated rings. The monoisotopic (exact) mass is 969 g/mol. The van der Waals surface area contributed by atoms with Crippen LogP contribution in [0.3, 0.4) is 0 Å². The molecule has 0 unspecified atom stereocenters. The number of carbonyl (C=O) groups excluding carboxylic acids is 7. The number of fused-ring (bicyclic) bond motifs is 3. The van der Waals surface area contributed by atoms with Gasteiger partial charge in [0.1, 0.15) is 36.3 Å². The third kappa shape index (κ3) is 10.8. The van der Waals surface area contributed by atoms with Crippen LogP contribution in [-0.4, -0.2) is 188 Å². The highest BCUT2D eigenvalue weighted by Gasteiger charge is 2.59. The van der Waals surface area contributed by atoms with Gasteiger partial charge in [0, 0.05) is 32.5 Å². The number of β-amino-alcohol motifs (C(OH)–C–C–N with tert-alkyl or cyclic N) is 1. The smallest absolute Gasteiger partial charge is 0.332 e. The van der Waals surface area contributed by atoms with E-state index in [0.717, 1.165) is 41.6 Å². The van der Waals surface area contributed by atoms with Gasteiger partial charge in [0.15, 0.2) is 11.6 Å². The molecule has 0 aromatic carbocycles. The summed E-state index contributed by atoms with van der Waals surface area (Å²) in [6.45, 7) is 15.0. The van der Waals surface area contributed by atoms with Gasteiger partial charge in [-0.05, 0) is 83.0 Å². The minimum Gasteiger partial charge on any atom is -0.458 e. The van der Waals surface area contributed by atoms with Crippen molar-refractivity contribution in [2.24, 2.45) is 23.7 Å². The summed E-state index contributed by atoms with van der Waals surface area (Å²) in [4.78, 5) is 103. The van der Waals surface area contributed by atoms with Gasteiger partial charge >= 0.3 is 5.97 Å². The molecule has 5 heterocycles. The van der Waals surface area contributed by atoms with Crippen LogP contribution in [0.2, 0.25) is 0 Å². The van der Waals surface area contributed by atoms with E-state index in [1.807, 2.05) is 6.92 Å². The Morgan fingerprint density at radius 3 is 2.13 bits per heavy atom. The number of carbonyl (C=O) groups is 7. The minimum atomic E-state index is -2.76. The molecule has 14 atom stereocenters. The molecule has 0 saturated carbocycles. The average Bonchev–Trinajstić information content (AvgIpc) is 3.62. The summed E-state index contributed by atoms with van der Waals surface area (Å²) < 4.78 is 12.2. The Bertz CT molecular complexity index is 1890. The molecule has 23 heteroatoms. The SMILES string of the molecule is CC[C@H](C)C[C@H]1CC[C@](O)([C@@](C)(O)C(=O)N[C@@H]2C(=O)N3NCCC[C@@H]3C(=O)N(O)[C@@H](C)C(=O)N3NC[C@H](O)C[C@@H]3C(=O)N3CC[C@@](C)(O)[C@H]3C(=O)N(O)[C@@H](C(C)C)C(=O)O[C@H]2C(C)C)O[C@@H]1CC. The number of amides is 6. The molecule has 5 rings (SSSR count). The average molecular weight is 969 g/mol. The first-order valence-corrected chi connectivity index (χ1v) is 24.2. The van der Waals surface area contributed by atoms with Gasteiger partial charge in [0.25, 0.3) is 29.5 Å². The molecule has 0 aromatic heterocycles. The summed E-state index contributed by atoms with van der Waals surface area (Å²) in [5.74, 6) is -12.1. The fourth-order valence-corrected chi connectivity index (χ4v) is 10.1. The zero-order chi connectivity index (χ0) is 51.0. The second-order valence-electron chi connectivity index (χ2n) is 20.6. The fourth-order valence-electron chi connectivity index (χ4n) is 10.1. The Balaban J connectivity index is 1.62. The molecule has 386 valence electrons. The molecule has 0 aromatic rings. The van der Waals surface area contributed by atoms with Crippen LogP contribution in [0.5, 0.6) is 0 Å². The summed E-state index contributed by atoms with van der Waals surface area (Å²) in [6, 6.07) is -10.6. The van der Waals surface area contributed by atoms with Gasteiger partial charge < -0.3 is 40.1 Å². The van der Waals surface area contributed by atoms with Gasteiger partial charge in [-0.25, -0.2) is 25.8 Å². The lowest BCUT2D eigenvalue weighted by molar-refractivity contribution is -0.329. The number of cyclic esters (lactones) is 1. The van der Waals surface area contributed by atoms with Gasteiger partial charge in [0.05, 0.1) is 17.8 Å². The van der Waals surface area contributed by atoms with Gasteiger partial charge in [-0.2, -0.15) is 0 Å². The lowest BCUT2D eigenvalue weighted by Gasteiger charge is -2.48. The number of hydrogen-bond donors (Lipinski definition) is 9. The number of aliphatic hydroxyl groups excluding tert-OH is 1. The second kappa shape index (κ2) is 21.5. The number of nitrogens with one attached hydrogen (secondary N) is 3. The van der Waals surface area contributed by atoms with E-state index in [0.29, 0.717) is 18.8 Å². The van der Waals surface area contributed by atoms with Crippen molar-refractivity contribution in [3.8, 4) is 0 Å². The molecule has 0 bridgehead atoms. The standard InChI is InChI=1S/C45H76N8O15/c1-11-25(7)20-27-15-16-45(64,68-31(27)12-2)44(10,63)42(61)48-32-34(24(5)6)67-41(60)33(23(3)4)53(66)40(59)35-43(9,62)17-19-49(35)37(56)30-21-28(54)22-47-51(30)36(55)26(8)52(65)38(57)29-14-13-18-46-50(29)39(32)58/h23-35,46-47,54,62-66H,11-22H2,1-10H3,(H,48,61)/t25-,26-,27+,28+,29+,30+,31+,32-,33-,34-,35+,43+,44-,45+/m0/s1. The predicted octanol–water partition coefficient (Wildman–Crippen LogP) is -0.704. The van der Waals surface area contributed by atoms with E-state index in [1.54, 1.807) is 0 Å². The van der Waals surface area contributed by atoms with E-state index in [1.165, 1.54) is 34.6 Å². The molecule has 0 aliphatic carbocycles. The van der Waals surface area contributed by atoms with Crippen LogP contribution in [0.1, 0.15) is 127 Å². The Kier molecular flexibility index (Phi) is 17.4. The van der Waals surface area contributed by atoms with E-state index >= 15 is 4.79 Å². The van der Waals surface area contributed by atoms with E-state index in [4.69, 9.17) is 9.47 Å². The maximum absolute atomic E-state index is 15.1. The highest BCUT2D eigenvalue weighted by Crippen LogP contribution is 2.42. The first-order valence-electron chi connectivity index (χ1n) is 24.2. The van der Waals surface area contributed by atoms with Crippen molar-refractivity contribution >= 4 is 41.4 Å². The van der Waals surface area contributed by atoms with Crippen LogP contribution in [0.4, 0.5) is 0 Å². The number of ether oxygens (including phenoxy) is 2. The Hall–Kier alpha value is -4.07. The molecule has 5 aliphatic rings. The number of rotatable bonds is 9. The van der Waals surface area contributed by atoms with Crippen LogP contribution in [-0.2, 0) is 43.0 Å². The summed E-state index contributed by atoms with van der Waals surface area (Å²) in [5, 5.41) is 73.8. The van der Waals surface area contributed by atoms with Crippen molar-refractivity contribution in [3.05, 3.63) is 0 Å². The number of aliphatic hydroxyl groups is 4. The topological polar surface area (TPSA) is 312 Å². The van der Waals surface area contributed by atoms with Crippen LogP contribution >= 0.6 is 0 Å². The predicted molar refractivity (Wildman–Crippen MR) is 237 cm³/mol. The molecule has 0 radical (unpaired) electrons. The molecule has 23 nitrogen and oxygen atoms in total. The van der Waals surface area contributed by atoms with E-state index in [-0.39, 0.29) is 67.8 Å². The number of nitrogens with zero attached hydrogens (tertiary/aromatic N) is 5. The number of esters is 1. The summed E-state index contributed by atoms with van der Waals surface area (Å²) >= 11 is 0. The molecule has 68 heavy (non-hydrogen) atoms. The first kappa shape index (κ1) is 54.9. The molecule has 5 aliphatic heterocycles. The summed E-state index contributed by atoms with van der Waals surface area (Å²) in [6.07, 6.45) is -1.48. The highest BCUT2D eigenvalue weighted by molar-refractivity contribution is 5.98. The lowest BCUT2D eigenvalue weighted by atomic mass is 9.78. The van der Waals surface area contributed by atoms with Crippen LogP contribution < -0.4 is 16.2 Å². The van der Waals surface area contributed by atoms with Crippen molar-refractivity contribution < 1.29 is 73.9 Å². The molecule has 0 spiro atoms. The maximum Gasteiger partial charge on any atom is 0.332 e. The quantitative estimate of drug-likeness (QED) is 0.102. The zero-order valence-electron chi connectivity index (χ0n) is 41.1. The number of hydrogen-bond acceptors (Lipinski definition) is 17. The van der Waals surface area contributed by atoms with Crippen LogP contribution in [0, 0.1) is 23.7 Å². The third-order valence-electron chi connectivity index (χ3n) is 14.7. The van der Waals surface area contributed by atoms with Gasteiger partial charge in [-0.15, -0.1) is 0 Å². The van der Waals surface area contributed by atoms with Crippen molar-refractivity contribution in [2.45, 2.75) is 199 Å². The van der Waals surface area contributed by atoms with Crippen LogP contribution in [0.15, 0.2) is 0 Å². The first-order chi connectivity index (χ1) is 31.6. The van der Waals surface area contributed by atoms with E-state index < -0.39 is 125 Å². The summed E-state index contributed by atoms with van der Waals surface area (Å²) in [7, 11) is 0. The molecule has 9 N–H and O–H groups in total. The van der Waals surface area contributed by atoms with Crippen molar-refractivity contribution in [3.63, 3.8) is 0 Å². The second-order valence-corrected chi connectivity index (χ2v) is 20.6. The molecular formula is C45H76N8O15. The van der Waals surface area contributed by atoms with Crippen molar-refractivity contribution in [1.82, 2.24) is 41.2 Å². The van der Waals surface area contributed by atoms with Crippen molar-refractivity contribution in [2.75, 3.05) is 19.6 Å². The van der Waals surface area contributed by atoms with Crippen LogP contribution in [0.25, 0.3) is 0 Å². The third-order valence-corrected chi connectivity index (χ3v) is 14.7. The molecule has 5 saturated heterocycles. The minimum absolute atomic E-state index is 0.0101. The lowest BCUT2D eigenvalue weighted by Crippen LogP contribution is -2.70. The van der Waals surface area contributed by atoms with Crippen molar-refractivity contribution in [1.29, 1.82) is 0 Å². The zero-order valence-corrected chi connectivity index (χ0v) is 41.1. The number of hydroxylamine groups is 4. The van der Waals surface area contributed by atoms with Gasteiger partial charge in [-0.3, -0.25) is 49.2 Å². The fraction of sp³-hybridized carbons (Fsp3) is 0.844. The summed E-state index contributed by atoms with van der Waals surface area (Å²) in [5.41, 5.74) is 0.710. The molecular weight excluding hydrogens is 893 g/mol. The van der Waals surface area contributed by atoms with E-state index in [9.17, 15) is 59.6 Å². The maximum atomic E-state index is 15.1. The van der Waals surface area contributed by atoms with Gasteiger partial charge in [0.2, 0.25) is 11.7 Å². The van der Waals surface area contributed by atoms with Gasteiger partial charge in [-0.1, -0.05) is 54.9 Å². The largest absolute Gasteiger partial charge is 0.458 e. The normalized spacial score (nSPS) is 36.6. The van der Waals surface area contributed by atoms with E-state index in [2.05, 4.69) is 30.0 Å². The highest BCUT2D eigenvalue weighted by atomic mass is 16.6.